The summed E-state index contributed by atoms with van der Waals surface area (Å²) in [4.78, 5) is 26.4. The molecule has 1 amide bonds. The van der Waals surface area contributed by atoms with Crippen molar-refractivity contribution in [1.29, 1.82) is 0 Å². The number of rotatable bonds is 4. The number of nitrogens with zero attached hydrogens (tertiary/aromatic N) is 1. The van der Waals surface area contributed by atoms with Crippen LogP contribution in [0.1, 0.15) is 34.8 Å². The number of benzene rings is 2. The summed E-state index contributed by atoms with van der Waals surface area (Å²) in [6.45, 7) is 2.05. The lowest BCUT2D eigenvalue weighted by Gasteiger charge is -2.21. The first-order chi connectivity index (χ1) is 11.0. The van der Waals surface area contributed by atoms with Crippen LogP contribution in [0.2, 0.25) is 0 Å². The van der Waals surface area contributed by atoms with Crippen molar-refractivity contribution in [3.05, 3.63) is 65.2 Å². The average molecular weight is 309 g/mol. The van der Waals surface area contributed by atoms with Gasteiger partial charge in [0.2, 0.25) is 0 Å². The van der Waals surface area contributed by atoms with E-state index in [-0.39, 0.29) is 12.2 Å². The number of aryl methyl sites for hydroxylation is 1. The van der Waals surface area contributed by atoms with Crippen LogP contribution in [0.15, 0.2) is 48.5 Å². The molecule has 0 aromatic heterocycles. The summed E-state index contributed by atoms with van der Waals surface area (Å²) < 4.78 is 0. The van der Waals surface area contributed by atoms with Crippen molar-refractivity contribution in [1.82, 2.24) is 0 Å². The summed E-state index contributed by atoms with van der Waals surface area (Å²) in [6.07, 6.45) is 0.647. The van der Waals surface area contributed by atoms with Crippen LogP contribution in [-0.4, -0.2) is 23.8 Å². The number of carbonyl (C=O) groups is 2. The van der Waals surface area contributed by atoms with Crippen molar-refractivity contribution in [2.45, 2.75) is 25.4 Å². The number of anilines is 1. The molecule has 4 heteroatoms. The molecule has 4 nitrogen and oxygen atoms in total. The van der Waals surface area contributed by atoms with Crippen molar-refractivity contribution >= 4 is 17.4 Å². The largest absolute Gasteiger partial charge is 0.375 e. The second kappa shape index (κ2) is 5.63. The molecule has 0 saturated carbocycles. The fraction of sp³-hybridized carbons (Fsp3) is 0.263. The minimum absolute atomic E-state index is 0.242. The molecule has 1 atom stereocenters. The van der Waals surface area contributed by atoms with Crippen molar-refractivity contribution in [2.75, 3.05) is 11.9 Å². The van der Waals surface area contributed by atoms with Gasteiger partial charge in [-0.1, -0.05) is 49.4 Å². The van der Waals surface area contributed by atoms with E-state index in [1.165, 1.54) is 4.90 Å². The third-order valence-electron chi connectivity index (χ3n) is 4.47. The topological polar surface area (TPSA) is 57.6 Å². The molecule has 0 spiro atoms. The number of ketones is 1. The number of carbonyl (C=O) groups excluding carboxylic acids is 2. The number of fused-ring (bicyclic) bond motifs is 1. The number of likely N-dealkylation sites (N-methyl/N-ethyl adjacent to an activating group) is 1. The molecule has 0 fully saturated rings. The van der Waals surface area contributed by atoms with Gasteiger partial charge in [0.25, 0.3) is 5.91 Å². The van der Waals surface area contributed by atoms with Crippen LogP contribution >= 0.6 is 0 Å². The molecule has 0 aliphatic carbocycles. The average Bonchev–Trinajstić information content (AvgIpc) is 2.77. The maximum atomic E-state index is 12.5. The van der Waals surface area contributed by atoms with Gasteiger partial charge in [0.05, 0.1) is 12.1 Å². The Morgan fingerprint density at radius 3 is 2.43 bits per heavy atom. The number of amides is 1. The highest BCUT2D eigenvalue weighted by Crippen LogP contribution is 2.41. The number of Topliss-reactive ketones (excluding diaryl/α,β-unsaturated/α-hetero) is 1. The molecule has 0 unspecified atom stereocenters. The fourth-order valence-electron chi connectivity index (χ4n) is 3.05. The van der Waals surface area contributed by atoms with E-state index in [1.807, 2.05) is 19.1 Å². The third-order valence-corrected chi connectivity index (χ3v) is 4.47. The molecule has 2 aromatic carbocycles. The Morgan fingerprint density at radius 1 is 1.13 bits per heavy atom. The van der Waals surface area contributed by atoms with Gasteiger partial charge in [-0.05, 0) is 18.1 Å². The monoisotopic (exact) mass is 309 g/mol. The lowest BCUT2D eigenvalue weighted by Crippen LogP contribution is -2.40. The van der Waals surface area contributed by atoms with E-state index in [1.54, 1.807) is 43.4 Å². The first kappa shape index (κ1) is 15.4. The van der Waals surface area contributed by atoms with Gasteiger partial charge in [0.15, 0.2) is 11.4 Å². The van der Waals surface area contributed by atoms with E-state index in [0.717, 1.165) is 12.0 Å². The maximum absolute atomic E-state index is 12.5. The van der Waals surface area contributed by atoms with E-state index in [0.29, 0.717) is 16.8 Å². The zero-order chi connectivity index (χ0) is 16.6. The Hall–Kier alpha value is -2.46. The Morgan fingerprint density at radius 2 is 1.78 bits per heavy atom. The predicted octanol–water partition coefficient (Wildman–Crippen LogP) is 2.69. The molecule has 3 rings (SSSR count). The zero-order valence-corrected chi connectivity index (χ0v) is 13.2. The number of para-hydroxylation sites is 1. The minimum Gasteiger partial charge on any atom is -0.375 e. The fourth-order valence-corrected chi connectivity index (χ4v) is 3.05. The molecular formula is C19H19NO3. The van der Waals surface area contributed by atoms with Gasteiger partial charge in [0, 0.05) is 18.2 Å². The van der Waals surface area contributed by atoms with E-state index >= 15 is 0 Å². The number of aliphatic hydroxyl groups is 1. The van der Waals surface area contributed by atoms with Crippen LogP contribution in [-0.2, 0) is 16.8 Å². The standard InChI is InChI=1S/C19H19NO3/c1-3-13-8-10-14(11-9-13)17(21)12-19(23)15-6-4-5-7-16(15)20(2)18(19)22/h4-11,23H,3,12H2,1-2H3/t19-/m1/s1. The molecule has 1 heterocycles. The van der Waals surface area contributed by atoms with Crippen LogP contribution in [0, 0.1) is 0 Å². The summed E-state index contributed by atoms with van der Waals surface area (Å²) >= 11 is 0. The maximum Gasteiger partial charge on any atom is 0.263 e. The Bertz CT molecular complexity index is 766. The first-order valence-electron chi connectivity index (χ1n) is 7.69. The third kappa shape index (κ3) is 2.45. The van der Waals surface area contributed by atoms with E-state index < -0.39 is 11.5 Å². The van der Waals surface area contributed by atoms with Crippen LogP contribution in [0.3, 0.4) is 0 Å². The van der Waals surface area contributed by atoms with Crippen molar-refractivity contribution in [2.24, 2.45) is 0 Å². The van der Waals surface area contributed by atoms with Crippen molar-refractivity contribution in [3.63, 3.8) is 0 Å². The summed E-state index contributed by atoms with van der Waals surface area (Å²) in [5.41, 5.74) is 1.00. The van der Waals surface area contributed by atoms with Crippen LogP contribution in [0.25, 0.3) is 0 Å². The van der Waals surface area contributed by atoms with Crippen LogP contribution in [0.4, 0.5) is 5.69 Å². The normalized spacial score (nSPS) is 19.8. The van der Waals surface area contributed by atoms with Crippen LogP contribution < -0.4 is 4.90 Å². The minimum atomic E-state index is -1.79. The molecule has 2 aromatic rings. The Kier molecular flexibility index (Phi) is 3.78. The highest BCUT2D eigenvalue weighted by atomic mass is 16.3. The van der Waals surface area contributed by atoms with Gasteiger partial charge in [-0.3, -0.25) is 9.59 Å². The second-order valence-corrected chi connectivity index (χ2v) is 5.89. The van der Waals surface area contributed by atoms with Gasteiger partial charge >= 0.3 is 0 Å². The van der Waals surface area contributed by atoms with Crippen molar-refractivity contribution in [3.8, 4) is 0 Å². The van der Waals surface area contributed by atoms with E-state index in [4.69, 9.17) is 0 Å². The molecule has 1 aliphatic heterocycles. The Labute approximate surface area is 135 Å². The van der Waals surface area contributed by atoms with Gasteiger partial charge in [-0.15, -0.1) is 0 Å². The van der Waals surface area contributed by atoms with Crippen LogP contribution in [0.5, 0.6) is 0 Å². The lowest BCUT2D eigenvalue weighted by molar-refractivity contribution is -0.135. The molecule has 1 aliphatic rings. The summed E-state index contributed by atoms with van der Waals surface area (Å²) in [7, 11) is 1.61. The molecule has 23 heavy (non-hydrogen) atoms. The first-order valence-corrected chi connectivity index (χ1v) is 7.69. The Balaban J connectivity index is 1.92. The molecule has 0 saturated heterocycles. The molecule has 0 bridgehead atoms. The summed E-state index contributed by atoms with van der Waals surface area (Å²) in [5, 5.41) is 10.9. The van der Waals surface area contributed by atoms with Gasteiger partial charge in [0.1, 0.15) is 0 Å². The smallest absolute Gasteiger partial charge is 0.263 e. The SMILES string of the molecule is CCc1ccc(C(=O)C[C@]2(O)C(=O)N(C)c3ccccc32)cc1. The van der Waals surface area contributed by atoms with Gasteiger partial charge in [-0.25, -0.2) is 0 Å². The highest BCUT2D eigenvalue weighted by molar-refractivity contribution is 6.10. The van der Waals surface area contributed by atoms with E-state index in [2.05, 4.69) is 0 Å². The summed E-state index contributed by atoms with van der Waals surface area (Å²) in [6, 6.07) is 14.3. The molecule has 1 N–H and O–H groups in total. The number of hydrogen-bond acceptors (Lipinski definition) is 3. The van der Waals surface area contributed by atoms with Gasteiger partial charge in [-0.2, -0.15) is 0 Å². The van der Waals surface area contributed by atoms with Gasteiger partial charge < -0.3 is 10.0 Å². The molecule has 0 radical (unpaired) electrons. The summed E-state index contributed by atoms with van der Waals surface area (Å²) in [5.74, 6) is -0.703. The predicted molar refractivity (Wildman–Crippen MR) is 88.5 cm³/mol. The lowest BCUT2D eigenvalue weighted by atomic mass is 9.88. The van der Waals surface area contributed by atoms with E-state index in [9.17, 15) is 14.7 Å². The molecular weight excluding hydrogens is 290 g/mol. The highest BCUT2D eigenvalue weighted by Gasteiger charge is 2.49. The molecule has 118 valence electrons. The number of hydrogen-bond donors (Lipinski definition) is 1. The quantitative estimate of drug-likeness (QED) is 0.883. The zero-order valence-electron chi connectivity index (χ0n) is 13.2. The van der Waals surface area contributed by atoms with Crippen molar-refractivity contribution < 1.29 is 14.7 Å². The second-order valence-electron chi connectivity index (χ2n) is 5.89.